The summed E-state index contributed by atoms with van der Waals surface area (Å²) in [5, 5.41) is 0. The van der Waals surface area contributed by atoms with Crippen LogP contribution in [0.5, 0.6) is 0 Å². The molecule has 1 rings (SSSR count). The monoisotopic (exact) mass is 159 g/mol. The summed E-state index contributed by atoms with van der Waals surface area (Å²) in [7, 11) is 1.40. The van der Waals surface area contributed by atoms with E-state index < -0.39 is 0 Å². The van der Waals surface area contributed by atoms with Gasteiger partial charge in [-0.2, -0.15) is 0 Å². The molecule has 4 nitrogen and oxygen atoms in total. The van der Waals surface area contributed by atoms with E-state index in [0.29, 0.717) is 13.2 Å². The largest absolute Gasteiger partial charge is 0.453 e. The van der Waals surface area contributed by atoms with E-state index in [1.54, 1.807) is 4.90 Å². The molecule has 0 aromatic rings. The third-order valence-electron chi connectivity index (χ3n) is 1.66. The summed E-state index contributed by atoms with van der Waals surface area (Å²) in [6, 6.07) is 0. The number of carbonyl (C=O) groups excluding carboxylic acids is 1. The highest BCUT2D eigenvalue weighted by atomic mass is 16.5. The average molecular weight is 159 g/mol. The van der Waals surface area contributed by atoms with E-state index in [2.05, 4.69) is 4.74 Å². The highest BCUT2D eigenvalue weighted by Gasteiger charge is 2.14. The Hall–Kier alpha value is -0.770. The number of methoxy groups -OCH3 is 1. The first kappa shape index (κ1) is 8.33. The predicted molar refractivity (Wildman–Crippen MR) is 39.4 cm³/mol. The van der Waals surface area contributed by atoms with Gasteiger partial charge in [-0.25, -0.2) is 4.79 Å². The Morgan fingerprint density at radius 2 is 2.27 bits per heavy atom. The number of carbonyl (C=O) groups is 1. The lowest BCUT2D eigenvalue weighted by Crippen LogP contribution is -2.32. The van der Waals surface area contributed by atoms with Gasteiger partial charge in [0.15, 0.2) is 0 Å². The number of nitrogens with zero attached hydrogens (tertiary/aromatic N) is 1. The highest BCUT2D eigenvalue weighted by molar-refractivity contribution is 5.67. The van der Waals surface area contributed by atoms with Gasteiger partial charge in [0.05, 0.1) is 13.7 Å². The number of ether oxygens (including phenoxy) is 2. The molecule has 0 saturated carbocycles. The molecule has 0 unspecified atom stereocenters. The predicted octanol–water partition coefficient (Wildman–Crippen LogP) is 0.475. The summed E-state index contributed by atoms with van der Waals surface area (Å²) < 4.78 is 9.75. The number of hydrogen-bond acceptors (Lipinski definition) is 3. The lowest BCUT2D eigenvalue weighted by atomic mass is 10.4. The Bertz CT molecular complexity index is 130. The molecular weight excluding hydrogens is 146 g/mol. The van der Waals surface area contributed by atoms with Crippen LogP contribution in [0.3, 0.4) is 0 Å². The first-order valence-corrected chi connectivity index (χ1v) is 3.75. The minimum absolute atomic E-state index is 0.254. The number of amides is 1. The van der Waals surface area contributed by atoms with Crippen LogP contribution in [0.1, 0.15) is 6.42 Å². The van der Waals surface area contributed by atoms with Crippen LogP contribution in [0.25, 0.3) is 0 Å². The van der Waals surface area contributed by atoms with Gasteiger partial charge in [0.25, 0.3) is 0 Å². The average Bonchev–Trinajstić information content (AvgIpc) is 2.30. The van der Waals surface area contributed by atoms with Crippen LogP contribution >= 0.6 is 0 Å². The molecule has 1 heterocycles. The number of rotatable bonds is 0. The zero-order chi connectivity index (χ0) is 8.10. The Kier molecular flexibility index (Phi) is 3.16. The third-order valence-corrected chi connectivity index (χ3v) is 1.66. The van der Waals surface area contributed by atoms with Gasteiger partial charge in [-0.1, -0.05) is 0 Å². The van der Waals surface area contributed by atoms with Gasteiger partial charge in [0, 0.05) is 19.7 Å². The van der Waals surface area contributed by atoms with Gasteiger partial charge in [0.1, 0.15) is 0 Å². The smallest absolute Gasteiger partial charge is 0.409 e. The van der Waals surface area contributed by atoms with E-state index in [-0.39, 0.29) is 6.09 Å². The van der Waals surface area contributed by atoms with Crippen LogP contribution < -0.4 is 0 Å². The second kappa shape index (κ2) is 4.18. The fourth-order valence-corrected chi connectivity index (χ4v) is 1.06. The van der Waals surface area contributed by atoms with Crippen LogP contribution in [-0.4, -0.2) is 44.4 Å². The molecule has 0 aromatic carbocycles. The van der Waals surface area contributed by atoms with Gasteiger partial charge in [-0.05, 0) is 6.42 Å². The summed E-state index contributed by atoms with van der Waals surface area (Å²) in [6.45, 7) is 2.75. The summed E-state index contributed by atoms with van der Waals surface area (Å²) in [4.78, 5) is 12.6. The first-order chi connectivity index (χ1) is 5.34. The zero-order valence-corrected chi connectivity index (χ0v) is 6.71. The third kappa shape index (κ3) is 2.38. The molecule has 4 heteroatoms. The molecule has 64 valence electrons. The fraction of sp³-hybridized carbons (Fsp3) is 0.857. The van der Waals surface area contributed by atoms with Crippen LogP contribution in [0.15, 0.2) is 0 Å². The Morgan fingerprint density at radius 3 is 3.00 bits per heavy atom. The summed E-state index contributed by atoms with van der Waals surface area (Å²) in [5.74, 6) is 0. The molecule has 0 aliphatic carbocycles. The molecule has 0 atom stereocenters. The van der Waals surface area contributed by atoms with Gasteiger partial charge < -0.3 is 14.4 Å². The van der Waals surface area contributed by atoms with Crippen molar-refractivity contribution in [2.75, 3.05) is 33.4 Å². The van der Waals surface area contributed by atoms with Crippen molar-refractivity contribution in [3.05, 3.63) is 0 Å². The second-order valence-electron chi connectivity index (χ2n) is 2.42. The van der Waals surface area contributed by atoms with E-state index in [0.717, 1.165) is 19.6 Å². The SMILES string of the molecule is COC(=O)N1CCCOCC1. The zero-order valence-electron chi connectivity index (χ0n) is 6.71. The van der Waals surface area contributed by atoms with E-state index in [1.165, 1.54) is 7.11 Å². The highest BCUT2D eigenvalue weighted by Crippen LogP contribution is 2.00. The summed E-state index contributed by atoms with van der Waals surface area (Å²) in [5.41, 5.74) is 0. The Morgan fingerprint density at radius 1 is 1.45 bits per heavy atom. The number of hydrogen-bond donors (Lipinski definition) is 0. The quantitative estimate of drug-likeness (QED) is 0.516. The maximum absolute atomic E-state index is 11.0. The molecule has 1 aliphatic heterocycles. The van der Waals surface area contributed by atoms with E-state index in [1.807, 2.05) is 0 Å². The van der Waals surface area contributed by atoms with Crippen molar-refractivity contribution in [3.63, 3.8) is 0 Å². The van der Waals surface area contributed by atoms with Gasteiger partial charge in [-0.3, -0.25) is 0 Å². The molecule has 0 aromatic heterocycles. The van der Waals surface area contributed by atoms with Crippen LogP contribution in [0.4, 0.5) is 4.79 Å². The minimum atomic E-state index is -0.254. The molecule has 0 radical (unpaired) electrons. The van der Waals surface area contributed by atoms with Crippen LogP contribution in [0, 0.1) is 0 Å². The lowest BCUT2D eigenvalue weighted by molar-refractivity contribution is 0.114. The second-order valence-corrected chi connectivity index (χ2v) is 2.42. The van der Waals surface area contributed by atoms with E-state index in [9.17, 15) is 4.79 Å². The first-order valence-electron chi connectivity index (χ1n) is 3.75. The van der Waals surface area contributed by atoms with Gasteiger partial charge >= 0.3 is 6.09 Å². The van der Waals surface area contributed by atoms with Crippen LogP contribution in [0.2, 0.25) is 0 Å². The molecular formula is C7H13NO3. The normalized spacial score (nSPS) is 19.2. The molecule has 1 aliphatic rings. The fourth-order valence-electron chi connectivity index (χ4n) is 1.06. The molecule has 1 saturated heterocycles. The summed E-state index contributed by atoms with van der Waals surface area (Å²) in [6.07, 6.45) is 0.644. The molecule has 1 fully saturated rings. The van der Waals surface area contributed by atoms with Crippen molar-refractivity contribution < 1.29 is 14.3 Å². The van der Waals surface area contributed by atoms with Gasteiger partial charge in [0.2, 0.25) is 0 Å². The van der Waals surface area contributed by atoms with Crippen molar-refractivity contribution in [3.8, 4) is 0 Å². The van der Waals surface area contributed by atoms with Crippen molar-refractivity contribution in [1.29, 1.82) is 0 Å². The van der Waals surface area contributed by atoms with Crippen LogP contribution in [-0.2, 0) is 9.47 Å². The van der Waals surface area contributed by atoms with Crippen molar-refractivity contribution in [2.24, 2.45) is 0 Å². The molecule has 0 N–H and O–H groups in total. The van der Waals surface area contributed by atoms with Gasteiger partial charge in [-0.15, -0.1) is 0 Å². The molecule has 1 amide bonds. The van der Waals surface area contributed by atoms with Crippen molar-refractivity contribution in [1.82, 2.24) is 4.90 Å². The maximum Gasteiger partial charge on any atom is 0.409 e. The molecule has 0 bridgehead atoms. The Labute approximate surface area is 66.1 Å². The van der Waals surface area contributed by atoms with E-state index in [4.69, 9.17) is 4.74 Å². The van der Waals surface area contributed by atoms with E-state index >= 15 is 0 Å². The topological polar surface area (TPSA) is 38.8 Å². The molecule has 11 heavy (non-hydrogen) atoms. The summed E-state index contributed by atoms with van der Waals surface area (Å²) >= 11 is 0. The van der Waals surface area contributed by atoms with Crippen molar-refractivity contribution >= 4 is 6.09 Å². The maximum atomic E-state index is 11.0. The standard InChI is InChI=1S/C7H13NO3/c1-10-7(9)8-3-2-5-11-6-4-8/h2-6H2,1H3. The minimum Gasteiger partial charge on any atom is -0.453 e. The van der Waals surface area contributed by atoms with Crippen molar-refractivity contribution in [2.45, 2.75) is 6.42 Å². The lowest BCUT2D eigenvalue weighted by Gasteiger charge is -2.16. The molecule has 0 spiro atoms. The Balaban J connectivity index is 2.36.